The number of benzene rings is 3. The molecular formula is C33H27ClF5N5O5. The first-order valence-electron chi connectivity index (χ1n) is 14.5. The third kappa shape index (κ3) is 7.12. The quantitative estimate of drug-likeness (QED) is 0.112. The van der Waals surface area contributed by atoms with Crippen LogP contribution in [0, 0.1) is 17.5 Å². The largest absolute Gasteiger partial charge is 0.494 e. The summed E-state index contributed by atoms with van der Waals surface area (Å²) in [4.78, 5) is 30.1. The zero-order valence-electron chi connectivity index (χ0n) is 25.7. The average molecular weight is 704 g/mol. The number of aliphatic hydroxyl groups is 1. The Bertz CT molecular complexity index is 2060. The summed E-state index contributed by atoms with van der Waals surface area (Å²) in [5.74, 6) is -4.54. The maximum absolute atomic E-state index is 15.3. The molecule has 0 unspecified atom stereocenters. The first-order valence-corrected chi connectivity index (χ1v) is 14.9. The number of fused-ring (bicyclic) bond motifs is 1. The molecule has 0 saturated carbocycles. The van der Waals surface area contributed by atoms with Crippen LogP contribution >= 0.6 is 11.6 Å². The molecule has 0 fully saturated rings. The summed E-state index contributed by atoms with van der Waals surface area (Å²) in [5.41, 5.74) is 2.35. The van der Waals surface area contributed by atoms with Gasteiger partial charge in [0.25, 0.3) is 5.91 Å². The fraction of sp³-hybridized carbons (Fsp3) is 0.212. The van der Waals surface area contributed by atoms with E-state index in [0.717, 1.165) is 24.4 Å². The molecule has 0 radical (unpaired) electrons. The van der Waals surface area contributed by atoms with E-state index in [1.54, 1.807) is 6.92 Å². The second-order valence-electron chi connectivity index (χ2n) is 10.7. The molecule has 256 valence electrons. The molecule has 0 aliphatic heterocycles. The molecule has 2 heterocycles. The molecule has 5 aromatic rings. The van der Waals surface area contributed by atoms with Crippen LogP contribution in [0.15, 0.2) is 60.8 Å². The van der Waals surface area contributed by atoms with Crippen LogP contribution in [0.2, 0.25) is 5.02 Å². The van der Waals surface area contributed by atoms with Gasteiger partial charge in [-0.15, -0.1) is 0 Å². The number of primary amides is 1. The van der Waals surface area contributed by atoms with Crippen LogP contribution in [-0.2, 0) is 16.8 Å². The molecule has 4 N–H and O–H groups in total. The highest BCUT2D eigenvalue weighted by Gasteiger charge is 2.36. The van der Waals surface area contributed by atoms with Crippen LogP contribution in [0.3, 0.4) is 0 Å². The van der Waals surface area contributed by atoms with Crippen molar-refractivity contribution in [1.29, 1.82) is 0 Å². The number of nitrogens with one attached hydrogen (secondary N) is 1. The van der Waals surface area contributed by atoms with Crippen LogP contribution < -0.4 is 20.5 Å². The fourth-order valence-electron chi connectivity index (χ4n) is 5.19. The predicted octanol–water partition coefficient (Wildman–Crippen LogP) is 5.67. The summed E-state index contributed by atoms with van der Waals surface area (Å²) >= 11 is 5.98. The van der Waals surface area contributed by atoms with E-state index in [2.05, 4.69) is 15.4 Å². The zero-order valence-corrected chi connectivity index (χ0v) is 26.5. The van der Waals surface area contributed by atoms with Crippen LogP contribution in [0.4, 0.5) is 22.0 Å². The Kier molecular flexibility index (Phi) is 10.1. The zero-order chi connectivity index (χ0) is 35.6. The van der Waals surface area contributed by atoms with Gasteiger partial charge in [0.2, 0.25) is 5.91 Å². The van der Waals surface area contributed by atoms with Crippen LogP contribution in [0.25, 0.3) is 22.2 Å². The summed E-state index contributed by atoms with van der Waals surface area (Å²) in [7, 11) is 1.26. The van der Waals surface area contributed by atoms with Crippen molar-refractivity contribution in [2.45, 2.75) is 25.5 Å². The molecule has 0 aliphatic carbocycles. The monoisotopic (exact) mass is 703 g/mol. The normalized spacial score (nSPS) is 12.6. The van der Waals surface area contributed by atoms with E-state index in [-0.39, 0.29) is 62.7 Å². The highest BCUT2D eigenvalue weighted by Crippen LogP contribution is 2.40. The van der Waals surface area contributed by atoms with E-state index in [1.807, 2.05) is 0 Å². The molecule has 10 nitrogen and oxygen atoms in total. The highest BCUT2D eigenvalue weighted by atomic mass is 35.5. The smallest absolute Gasteiger partial charge is 0.333 e. The number of aromatic nitrogens is 3. The standard InChI is InChI=1S/C33H27ClF5N5O5/c1-3-49-30-16(11-27(40)45)10-26(42-29(30)21-12-22(34)24(37)13-23(21)36)33(47,19-4-6-20(35)7-5-19)15-41-31(46)17-8-18-14-44(32(38)39)43-28(18)25(9-17)48-2/h4-10,12-14,32,47H,3,11,15H2,1-2H3,(H2,40,45)(H,41,46)/t33-/m1/s1. The lowest BCUT2D eigenvalue weighted by Crippen LogP contribution is -2.42. The molecule has 3 aromatic carbocycles. The topological polar surface area (TPSA) is 142 Å². The molecule has 1 atom stereocenters. The second kappa shape index (κ2) is 14.1. The number of nitrogens with zero attached hydrogens (tertiary/aromatic N) is 3. The summed E-state index contributed by atoms with van der Waals surface area (Å²) in [6.45, 7) is -1.99. The molecule has 2 aromatic heterocycles. The lowest BCUT2D eigenvalue weighted by molar-refractivity contribution is -0.117. The number of amides is 2. The Hall–Kier alpha value is -5.28. The van der Waals surface area contributed by atoms with Crippen molar-refractivity contribution in [1.82, 2.24) is 20.1 Å². The predicted molar refractivity (Wildman–Crippen MR) is 168 cm³/mol. The number of hydrogen-bond donors (Lipinski definition) is 3. The maximum Gasteiger partial charge on any atom is 0.333 e. The first-order chi connectivity index (χ1) is 23.2. The highest BCUT2D eigenvalue weighted by molar-refractivity contribution is 6.31. The van der Waals surface area contributed by atoms with Crippen molar-refractivity contribution in [3.8, 4) is 22.8 Å². The Morgan fingerprint density at radius 3 is 2.43 bits per heavy atom. The van der Waals surface area contributed by atoms with E-state index >= 15 is 4.39 Å². The van der Waals surface area contributed by atoms with Crippen molar-refractivity contribution in [3.05, 3.63) is 106 Å². The van der Waals surface area contributed by atoms with Crippen LogP contribution in [0.5, 0.6) is 11.5 Å². The van der Waals surface area contributed by atoms with Crippen molar-refractivity contribution in [2.24, 2.45) is 5.73 Å². The number of methoxy groups -OCH3 is 1. The van der Waals surface area contributed by atoms with Gasteiger partial charge in [-0.3, -0.25) is 9.59 Å². The third-order valence-corrected chi connectivity index (χ3v) is 7.78. The molecule has 0 saturated heterocycles. The van der Waals surface area contributed by atoms with Crippen molar-refractivity contribution in [2.75, 3.05) is 20.3 Å². The molecule has 49 heavy (non-hydrogen) atoms. The van der Waals surface area contributed by atoms with E-state index < -0.39 is 59.4 Å². The molecule has 0 bridgehead atoms. The molecule has 2 amide bonds. The number of halogens is 6. The number of ether oxygens (including phenoxy) is 2. The number of rotatable bonds is 12. The van der Waals surface area contributed by atoms with Gasteiger partial charge in [0.1, 0.15) is 45.8 Å². The molecule has 5 rings (SSSR count). The second-order valence-corrected chi connectivity index (χ2v) is 11.1. The number of carbonyl (C=O) groups is 2. The van der Waals surface area contributed by atoms with E-state index in [1.165, 1.54) is 37.4 Å². The van der Waals surface area contributed by atoms with Gasteiger partial charge in [0.15, 0.2) is 0 Å². The lowest BCUT2D eigenvalue weighted by Gasteiger charge is -2.30. The summed E-state index contributed by atoms with van der Waals surface area (Å²) in [5, 5.41) is 18.4. The van der Waals surface area contributed by atoms with Gasteiger partial charge in [-0.25, -0.2) is 22.8 Å². The molecular weight excluding hydrogens is 677 g/mol. The summed E-state index contributed by atoms with van der Waals surface area (Å²) < 4.78 is 81.4. The van der Waals surface area contributed by atoms with Gasteiger partial charge in [-0.05, 0) is 48.9 Å². The van der Waals surface area contributed by atoms with Gasteiger partial charge in [0.05, 0.1) is 37.4 Å². The Labute approximate surface area is 280 Å². The van der Waals surface area contributed by atoms with Gasteiger partial charge < -0.3 is 25.6 Å². The van der Waals surface area contributed by atoms with Crippen molar-refractivity contribution in [3.63, 3.8) is 0 Å². The van der Waals surface area contributed by atoms with Gasteiger partial charge in [-0.1, -0.05) is 23.7 Å². The SMILES string of the molecule is CCOc1c(CC(N)=O)cc([C@@](O)(CNC(=O)c2cc(OC)c3nn(C(F)F)cc3c2)c2ccc(F)cc2)nc1-c1cc(Cl)c(F)cc1F. The molecule has 0 spiro atoms. The average Bonchev–Trinajstić information content (AvgIpc) is 3.50. The summed E-state index contributed by atoms with van der Waals surface area (Å²) in [6.07, 6.45) is 0.549. The van der Waals surface area contributed by atoms with Crippen LogP contribution in [-0.4, -0.2) is 51.9 Å². The minimum absolute atomic E-state index is 0.00527. The minimum atomic E-state index is -2.95. The van der Waals surface area contributed by atoms with Gasteiger partial charge in [-0.2, -0.15) is 13.9 Å². The van der Waals surface area contributed by atoms with Crippen LogP contribution in [0.1, 0.15) is 40.7 Å². The molecule has 0 aliphatic rings. The number of pyridine rings is 1. The number of hydrogen-bond acceptors (Lipinski definition) is 7. The lowest BCUT2D eigenvalue weighted by atomic mass is 9.87. The molecule has 16 heteroatoms. The number of carbonyl (C=O) groups excluding carboxylic acids is 2. The van der Waals surface area contributed by atoms with E-state index in [0.29, 0.717) is 10.7 Å². The first kappa shape index (κ1) is 35.0. The number of nitrogens with two attached hydrogens (primary N) is 1. The third-order valence-electron chi connectivity index (χ3n) is 7.49. The minimum Gasteiger partial charge on any atom is -0.494 e. The van der Waals surface area contributed by atoms with Crippen molar-refractivity contribution >= 4 is 34.3 Å². The van der Waals surface area contributed by atoms with Gasteiger partial charge >= 0.3 is 6.55 Å². The fourth-order valence-corrected chi connectivity index (χ4v) is 5.36. The van der Waals surface area contributed by atoms with E-state index in [4.69, 9.17) is 26.8 Å². The van der Waals surface area contributed by atoms with Gasteiger partial charge in [0, 0.05) is 34.3 Å². The van der Waals surface area contributed by atoms with Crippen molar-refractivity contribution < 1.29 is 46.1 Å². The maximum atomic E-state index is 15.3. The Balaban J connectivity index is 1.66. The van der Waals surface area contributed by atoms with E-state index in [9.17, 15) is 32.3 Å². The summed E-state index contributed by atoms with van der Waals surface area (Å²) in [6, 6.07) is 9.80. The Morgan fingerprint density at radius 2 is 1.80 bits per heavy atom. The Morgan fingerprint density at radius 1 is 1.08 bits per heavy atom. The number of alkyl halides is 2.